The fourth-order valence-corrected chi connectivity index (χ4v) is 3.95. The molecule has 0 aliphatic carbocycles. The molecule has 1 N–H and O–H groups in total. The molecule has 7 heteroatoms. The highest BCUT2D eigenvalue weighted by atomic mass is 16.2. The van der Waals surface area contributed by atoms with Gasteiger partial charge in [0.25, 0.3) is 5.91 Å². The molecule has 2 saturated heterocycles. The second-order valence-electron chi connectivity index (χ2n) is 7.74. The highest BCUT2D eigenvalue weighted by molar-refractivity contribution is 5.97. The van der Waals surface area contributed by atoms with Crippen molar-refractivity contribution in [3.63, 3.8) is 0 Å². The number of aromatic nitrogens is 1. The van der Waals surface area contributed by atoms with Crippen molar-refractivity contribution in [2.75, 3.05) is 49.1 Å². The zero-order valence-corrected chi connectivity index (χ0v) is 17.2. The third kappa shape index (κ3) is 3.77. The van der Waals surface area contributed by atoms with E-state index in [0.29, 0.717) is 31.7 Å². The lowest BCUT2D eigenvalue weighted by Gasteiger charge is -2.36. The summed E-state index contributed by atoms with van der Waals surface area (Å²) in [5.41, 5.74) is 4.90. The summed E-state index contributed by atoms with van der Waals surface area (Å²) in [6.45, 7) is 10.4. The Morgan fingerprint density at radius 1 is 0.966 bits per heavy atom. The third-order valence-corrected chi connectivity index (χ3v) is 5.78. The Kier molecular flexibility index (Phi) is 5.13. The van der Waals surface area contributed by atoms with Crippen LogP contribution < -0.4 is 15.1 Å². The molecular formula is C22H27N5O2. The van der Waals surface area contributed by atoms with Gasteiger partial charge < -0.3 is 15.1 Å². The first-order valence-electron chi connectivity index (χ1n) is 10.1. The highest BCUT2D eigenvalue weighted by Crippen LogP contribution is 2.23. The molecule has 2 aliphatic heterocycles. The predicted octanol–water partition coefficient (Wildman–Crippen LogP) is 2.50. The van der Waals surface area contributed by atoms with Crippen LogP contribution in [0.2, 0.25) is 0 Å². The van der Waals surface area contributed by atoms with Crippen molar-refractivity contribution in [3.8, 4) is 0 Å². The van der Waals surface area contributed by atoms with Crippen molar-refractivity contribution in [2.24, 2.45) is 0 Å². The number of nitrogens with zero attached hydrogens (tertiary/aromatic N) is 4. The molecule has 3 heterocycles. The summed E-state index contributed by atoms with van der Waals surface area (Å²) in [5, 5.41) is 2.79. The number of amides is 3. The van der Waals surface area contributed by atoms with Crippen LogP contribution in [0, 0.1) is 20.8 Å². The average Bonchev–Trinajstić information content (AvgIpc) is 3.16. The number of carbonyl (C=O) groups is 2. The molecule has 152 valence electrons. The summed E-state index contributed by atoms with van der Waals surface area (Å²) in [7, 11) is 0. The van der Waals surface area contributed by atoms with Gasteiger partial charge >= 0.3 is 6.03 Å². The van der Waals surface area contributed by atoms with Crippen molar-refractivity contribution in [1.29, 1.82) is 0 Å². The Morgan fingerprint density at radius 2 is 1.66 bits per heavy atom. The van der Waals surface area contributed by atoms with E-state index in [2.05, 4.69) is 30.1 Å². The molecule has 0 spiro atoms. The standard InChI is InChI=1S/C22H27N5O2/c1-15-14-16(2)20(24-17(15)3)25-10-12-26(13-11-25)21(28)18-4-6-19(7-5-18)27-9-8-23-22(27)29/h4-7,14H,8-13H2,1-3H3,(H,23,29). The summed E-state index contributed by atoms with van der Waals surface area (Å²) >= 11 is 0. The van der Waals surface area contributed by atoms with Crippen molar-refractivity contribution in [1.82, 2.24) is 15.2 Å². The Morgan fingerprint density at radius 3 is 2.28 bits per heavy atom. The molecule has 0 unspecified atom stereocenters. The van der Waals surface area contributed by atoms with Gasteiger partial charge in [0, 0.05) is 56.2 Å². The highest BCUT2D eigenvalue weighted by Gasteiger charge is 2.25. The van der Waals surface area contributed by atoms with E-state index in [-0.39, 0.29) is 11.9 Å². The molecule has 0 atom stereocenters. The summed E-state index contributed by atoms with van der Waals surface area (Å²) in [4.78, 5) is 35.3. The van der Waals surface area contributed by atoms with E-state index in [1.807, 2.05) is 36.1 Å². The minimum Gasteiger partial charge on any atom is -0.353 e. The minimum atomic E-state index is -0.0876. The second kappa shape index (κ2) is 7.73. The Balaban J connectivity index is 1.40. The van der Waals surface area contributed by atoms with Gasteiger partial charge in [-0.3, -0.25) is 9.69 Å². The van der Waals surface area contributed by atoms with E-state index in [1.165, 1.54) is 11.1 Å². The molecule has 2 aliphatic rings. The van der Waals surface area contributed by atoms with Gasteiger partial charge in [-0.2, -0.15) is 0 Å². The van der Waals surface area contributed by atoms with Crippen LogP contribution in [0.1, 0.15) is 27.2 Å². The van der Waals surface area contributed by atoms with Crippen LogP contribution in [-0.2, 0) is 0 Å². The molecule has 0 saturated carbocycles. The lowest BCUT2D eigenvalue weighted by molar-refractivity contribution is 0.0746. The van der Waals surface area contributed by atoms with Crippen LogP contribution >= 0.6 is 0 Å². The van der Waals surface area contributed by atoms with Crippen LogP contribution in [-0.4, -0.2) is 61.1 Å². The number of pyridine rings is 1. The van der Waals surface area contributed by atoms with Gasteiger partial charge in [-0.25, -0.2) is 9.78 Å². The summed E-state index contributed by atoms with van der Waals surface area (Å²) in [5.74, 6) is 1.06. The zero-order chi connectivity index (χ0) is 20.5. The van der Waals surface area contributed by atoms with Gasteiger partial charge in [-0.1, -0.05) is 6.07 Å². The number of anilines is 2. The van der Waals surface area contributed by atoms with Gasteiger partial charge in [0.2, 0.25) is 0 Å². The van der Waals surface area contributed by atoms with Crippen LogP contribution in [0.15, 0.2) is 30.3 Å². The van der Waals surface area contributed by atoms with Crippen LogP contribution in [0.3, 0.4) is 0 Å². The van der Waals surface area contributed by atoms with Crippen LogP contribution in [0.25, 0.3) is 0 Å². The maximum absolute atomic E-state index is 12.9. The van der Waals surface area contributed by atoms with Crippen molar-refractivity contribution < 1.29 is 9.59 Å². The van der Waals surface area contributed by atoms with Crippen LogP contribution in [0.5, 0.6) is 0 Å². The summed E-state index contributed by atoms with van der Waals surface area (Å²) in [6.07, 6.45) is 0. The summed E-state index contributed by atoms with van der Waals surface area (Å²) in [6, 6.07) is 9.40. The molecular weight excluding hydrogens is 366 g/mol. The lowest BCUT2D eigenvalue weighted by Crippen LogP contribution is -2.49. The molecule has 29 heavy (non-hydrogen) atoms. The number of nitrogens with one attached hydrogen (secondary N) is 1. The number of benzene rings is 1. The fourth-order valence-electron chi connectivity index (χ4n) is 3.95. The molecule has 0 radical (unpaired) electrons. The zero-order valence-electron chi connectivity index (χ0n) is 17.2. The number of rotatable bonds is 3. The fraction of sp³-hybridized carbons (Fsp3) is 0.409. The number of aryl methyl sites for hydroxylation is 3. The molecule has 3 amide bonds. The van der Waals surface area contributed by atoms with Crippen molar-refractivity contribution in [3.05, 3.63) is 52.7 Å². The maximum atomic E-state index is 12.9. The predicted molar refractivity (Wildman–Crippen MR) is 114 cm³/mol. The van der Waals surface area contributed by atoms with E-state index in [1.54, 1.807) is 4.90 Å². The van der Waals surface area contributed by atoms with Gasteiger partial charge in [0.1, 0.15) is 5.82 Å². The number of urea groups is 1. The minimum absolute atomic E-state index is 0.0341. The first-order chi connectivity index (χ1) is 13.9. The molecule has 2 fully saturated rings. The Labute approximate surface area is 171 Å². The Bertz CT molecular complexity index is 933. The first-order valence-corrected chi connectivity index (χ1v) is 10.1. The maximum Gasteiger partial charge on any atom is 0.321 e. The smallest absolute Gasteiger partial charge is 0.321 e. The number of hydrogen-bond acceptors (Lipinski definition) is 4. The van der Waals surface area contributed by atoms with Gasteiger partial charge in [-0.15, -0.1) is 0 Å². The number of hydrogen-bond donors (Lipinski definition) is 1. The quantitative estimate of drug-likeness (QED) is 0.870. The van der Waals surface area contributed by atoms with Gasteiger partial charge in [0.15, 0.2) is 0 Å². The SMILES string of the molecule is Cc1cc(C)c(N2CCN(C(=O)c3ccc(N4CCNC4=O)cc3)CC2)nc1C. The monoisotopic (exact) mass is 393 g/mol. The molecule has 0 bridgehead atoms. The topological polar surface area (TPSA) is 68.8 Å². The van der Waals surface area contributed by atoms with Crippen LogP contribution in [0.4, 0.5) is 16.3 Å². The van der Waals surface area contributed by atoms with Gasteiger partial charge in [-0.05, 0) is 56.2 Å². The largest absolute Gasteiger partial charge is 0.353 e. The van der Waals surface area contributed by atoms with Crippen molar-refractivity contribution >= 4 is 23.4 Å². The molecule has 2 aromatic rings. The molecule has 7 nitrogen and oxygen atoms in total. The third-order valence-electron chi connectivity index (χ3n) is 5.78. The van der Waals surface area contributed by atoms with Crippen molar-refractivity contribution in [2.45, 2.75) is 20.8 Å². The Hall–Kier alpha value is -3.09. The lowest BCUT2D eigenvalue weighted by atomic mass is 10.1. The number of carbonyl (C=O) groups excluding carboxylic acids is 2. The molecule has 1 aromatic heterocycles. The summed E-state index contributed by atoms with van der Waals surface area (Å²) < 4.78 is 0. The normalized spacial score (nSPS) is 16.9. The van der Waals surface area contributed by atoms with E-state index in [0.717, 1.165) is 30.3 Å². The van der Waals surface area contributed by atoms with E-state index in [9.17, 15) is 9.59 Å². The molecule has 4 rings (SSSR count). The number of piperazine rings is 1. The van der Waals surface area contributed by atoms with E-state index < -0.39 is 0 Å². The van der Waals surface area contributed by atoms with Gasteiger partial charge in [0.05, 0.1) is 0 Å². The second-order valence-corrected chi connectivity index (χ2v) is 7.74. The van der Waals surface area contributed by atoms with E-state index in [4.69, 9.17) is 4.98 Å². The molecule has 1 aromatic carbocycles. The first kappa shape index (κ1) is 19.2. The average molecular weight is 393 g/mol. The van der Waals surface area contributed by atoms with E-state index >= 15 is 0 Å².